The summed E-state index contributed by atoms with van der Waals surface area (Å²) in [5, 5.41) is 18.6. The summed E-state index contributed by atoms with van der Waals surface area (Å²) >= 11 is 0. The molecule has 2 unspecified atom stereocenters. The largest absolute Gasteiger partial charge is 0.480 e. The van der Waals surface area contributed by atoms with Crippen molar-refractivity contribution in [3.8, 4) is 0 Å². The molecule has 0 aliphatic rings. The molecule has 0 fully saturated rings. The third-order valence-corrected chi connectivity index (χ3v) is 2.96. The van der Waals surface area contributed by atoms with Crippen molar-refractivity contribution in [1.82, 2.24) is 10.0 Å². The van der Waals surface area contributed by atoms with Crippen molar-refractivity contribution >= 4 is 24.0 Å². The van der Waals surface area contributed by atoms with E-state index in [1.54, 1.807) is 0 Å². The minimum absolute atomic E-state index is 0.0394. The van der Waals surface area contributed by atoms with Gasteiger partial charge < -0.3 is 21.7 Å². The number of aliphatic carboxylic acids is 2. The van der Waals surface area contributed by atoms with Gasteiger partial charge in [-0.2, -0.15) is 0 Å². The average molecular weight is 320 g/mol. The Kier molecular flexibility index (Phi) is 7.61. The number of unbranched alkanes of at least 4 members (excludes halogenated alkanes) is 1. The normalized spacial score (nSPS) is 13.0. The summed E-state index contributed by atoms with van der Waals surface area (Å²) in [6.45, 7) is 0. The molecular formula is C10H20N6O6. The molecule has 0 rings (SSSR count). The molecule has 0 radical (unpaired) electrons. The molecule has 4 amide bonds. The second-order valence-electron chi connectivity index (χ2n) is 4.48. The predicted octanol–water partition coefficient (Wildman–Crippen LogP) is -2.04. The van der Waals surface area contributed by atoms with E-state index in [2.05, 4.69) is 0 Å². The number of rotatable bonds is 9. The fraction of sp³-hybridized carbons (Fsp3) is 0.600. The smallest absolute Gasteiger partial charge is 0.329 e. The molecule has 126 valence electrons. The Morgan fingerprint density at radius 2 is 1.05 bits per heavy atom. The number of amides is 4. The number of nitrogens with zero attached hydrogens (tertiary/aromatic N) is 2. The summed E-state index contributed by atoms with van der Waals surface area (Å²) in [4.78, 5) is 43.6. The van der Waals surface area contributed by atoms with Gasteiger partial charge in [0.15, 0.2) is 0 Å². The highest BCUT2D eigenvalue weighted by molar-refractivity contribution is 5.81. The first-order valence-corrected chi connectivity index (χ1v) is 6.21. The Bertz CT molecular complexity index is 404. The molecule has 0 heterocycles. The molecule has 0 aliphatic heterocycles. The number of primary amides is 2. The summed E-state index contributed by atoms with van der Waals surface area (Å²) in [6, 6.07) is -4.85. The lowest BCUT2D eigenvalue weighted by molar-refractivity contribution is -0.143. The van der Waals surface area contributed by atoms with E-state index >= 15 is 0 Å². The van der Waals surface area contributed by atoms with Crippen molar-refractivity contribution in [1.29, 1.82) is 0 Å². The van der Waals surface area contributed by atoms with E-state index in [1.165, 1.54) is 0 Å². The summed E-state index contributed by atoms with van der Waals surface area (Å²) < 4.78 is 0. The van der Waals surface area contributed by atoms with E-state index in [1.807, 2.05) is 0 Å². The summed E-state index contributed by atoms with van der Waals surface area (Å²) in [5.74, 6) is 7.79. The standard InChI is InChI=1S/C10H20N6O6/c11-9(21)15(13)5(7(17)18)3-1-2-4-6(8(19)20)16(14)10(12)22/h5-6H,1-4,13-14H2,(H2,11,21)(H2,12,22)(H,17,18)(H,19,20). The quantitative estimate of drug-likeness (QED) is 0.120. The first-order chi connectivity index (χ1) is 10.1. The molecule has 10 N–H and O–H groups in total. The van der Waals surface area contributed by atoms with Crippen molar-refractivity contribution in [3.05, 3.63) is 0 Å². The molecule has 0 aromatic carbocycles. The number of urea groups is 2. The zero-order chi connectivity index (χ0) is 17.4. The number of carboxylic acid groups (broad SMARTS) is 2. The molecular weight excluding hydrogens is 300 g/mol. The maximum Gasteiger partial charge on any atom is 0.329 e. The SMILES string of the molecule is NC(=O)N(N)C(CCCCC(C(=O)O)N(N)C(N)=O)C(=O)O. The molecule has 0 bridgehead atoms. The number of nitrogens with two attached hydrogens (primary N) is 4. The fourth-order valence-electron chi connectivity index (χ4n) is 1.75. The Hall–Kier alpha value is -2.60. The number of carboxylic acids is 2. The first kappa shape index (κ1) is 19.4. The molecule has 0 saturated heterocycles. The average Bonchev–Trinajstić information content (AvgIpc) is 2.40. The van der Waals surface area contributed by atoms with Crippen LogP contribution in [0.25, 0.3) is 0 Å². The van der Waals surface area contributed by atoms with Gasteiger partial charge in [0.05, 0.1) is 0 Å². The van der Waals surface area contributed by atoms with Gasteiger partial charge in [-0.3, -0.25) is 0 Å². The monoisotopic (exact) mass is 320 g/mol. The van der Waals surface area contributed by atoms with Crippen LogP contribution in [0.4, 0.5) is 9.59 Å². The number of hydrogen-bond donors (Lipinski definition) is 6. The van der Waals surface area contributed by atoms with Crippen LogP contribution in [-0.4, -0.2) is 56.3 Å². The zero-order valence-corrected chi connectivity index (χ0v) is 11.7. The Morgan fingerprint density at radius 1 is 0.773 bits per heavy atom. The van der Waals surface area contributed by atoms with E-state index in [4.69, 9.17) is 33.4 Å². The highest BCUT2D eigenvalue weighted by Crippen LogP contribution is 2.12. The van der Waals surface area contributed by atoms with Crippen LogP contribution in [0.3, 0.4) is 0 Å². The fourth-order valence-corrected chi connectivity index (χ4v) is 1.75. The second-order valence-corrected chi connectivity index (χ2v) is 4.48. The second kappa shape index (κ2) is 8.63. The summed E-state index contributed by atoms with van der Waals surface area (Å²) in [7, 11) is 0. The van der Waals surface area contributed by atoms with E-state index in [9.17, 15) is 19.2 Å². The molecule has 0 saturated carbocycles. The zero-order valence-electron chi connectivity index (χ0n) is 11.7. The van der Waals surface area contributed by atoms with Gasteiger partial charge in [-0.25, -0.2) is 40.9 Å². The predicted molar refractivity (Wildman–Crippen MR) is 72.5 cm³/mol. The minimum Gasteiger partial charge on any atom is -0.480 e. The van der Waals surface area contributed by atoms with Gasteiger partial charge >= 0.3 is 24.0 Å². The lowest BCUT2D eigenvalue weighted by Gasteiger charge is -2.23. The number of carbonyl (C=O) groups excluding carboxylic acids is 2. The van der Waals surface area contributed by atoms with E-state index in [0.717, 1.165) is 0 Å². The number of hydrogen-bond acceptors (Lipinski definition) is 6. The van der Waals surface area contributed by atoms with E-state index in [-0.39, 0.29) is 25.7 Å². The van der Waals surface area contributed by atoms with Crippen LogP contribution in [-0.2, 0) is 9.59 Å². The highest BCUT2D eigenvalue weighted by atomic mass is 16.4. The topological polar surface area (TPSA) is 219 Å². The first-order valence-electron chi connectivity index (χ1n) is 6.21. The Labute approximate surface area is 125 Å². The van der Waals surface area contributed by atoms with Crippen LogP contribution < -0.4 is 23.2 Å². The summed E-state index contributed by atoms with van der Waals surface area (Å²) in [5.41, 5.74) is 9.77. The van der Waals surface area contributed by atoms with Crippen molar-refractivity contribution in [3.63, 3.8) is 0 Å². The Morgan fingerprint density at radius 3 is 1.23 bits per heavy atom. The van der Waals surface area contributed by atoms with Gasteiger partial charge in [0, 0.05) is 0 Å². The molecule has 0 spiro atoms. The number of carbonyl (C=O) groups is 4. The van der Waals surface area contributed by atoms with Crippen LogP contribution >= 0.6 is 0 Å². The molecule has 22 heavy (non-hydrogen) atoms. The van der Waals surface area contributed by atoms with Crippen LogP contribution in [0.2, 0.25) is 0 Å². The van der Waals surface area contributed by atoms with Crippen LogP contribution in [0.15, 0.2) is 0 Å². The minimum atomic E-state index is -1.34. The van der Waals surface area contributed by atoms with Crippen molar-refractivity contribution in [2.45, 2.75) is 37.8 Å². The van der Waals surface area contributed by atoms with Gasteiger partial charge in [-0.1, -0.05) is 12.8 Å². The third kappa shape index (κ3) is 5.80. The van der Waals surface area contributed by atoms with Gasteiger partial charge in [0.25, 0.3) is 0 Å². The van der Waals surface area contributed by atoms with E-state index < -0.39 is 36.1 Å². The van der Waals surface area contributed by atoms with Gasteiger partial charge in [-0.15, -0.1) is 0 Å². The maximum absolute atomic E-state index is 11.0. The van der Waals surface area contributed by atoms with Crippen molar-refractivity contribution < 1.29 is 29.4 Å². The van der Waals surface area contributed by atoms with Gasteiger partial charge in [0.2, 0.25) is 0 Å². The molecule has 0 aromatic heterocycles. The van der Waals surface area contributed by atoms with E-state index in [0.29, 0.717) is 10.0 Å². The van der Waals surface area contributed by atoms with Crippen LogP contribution in [0.5, 0.6) is 0 Å². The highest BCUT2D eigenvalue weighted by Gasteiger charge is 2.28. The molecule has 12 nitrogen and oxygen atoms in total. The Balaban J connectivity index is 4.48. The lowest BCUT2D eigenvalue weighted by Crippen LogP contribution is -2.52. The van der Waals surface area contributed by atoms with Crippen molar-refractivity contribution in [2.24, 2.45) is 23.2 Å². The van der Waals surface area contributed by atoms with Crippen LogP contribution in [0.1, 0.15) is 25.7 Å². The van der Waals surface area contributed by atoms with Gasteiger partial charge in [-0.05, 0) is 12.8 Å². The lowest BCUT2D eigenvalue weighted by atomic mass is 10.0. The van der Waals surface area contributed by atoms with Gasteiger partial charge in [0.1, 0.15) is 12.1 Å². The molecule has 0 aliphatic carbocycles. The van der Waals surface area contributed by atoms with Crippen LogP contribution in [0, 0.1) is 0 Å². The third-order valence-electron chi connectivity index (χ3n) is 2.96. The summed E-state index contributed by atoms with van der Waals surface area (Å²) in [6.07, 6.45) is 0.354. The molecule has 2 atom stereocenters. The molecule has 0 aromatic rings. The van der Waals surface area contributed by atoms with Crippen molar-refractivity contribution in [2.75, 3.05) is 0 Å². The number of hydrazine groups is 2. The molecule has 12 heteroatoms. The maximum atomic E-state index is 11.0.